The van der Waals surface area contributed by atoms with Crippen LogP contribution in [-0.4, -0.2) is 18.4 Å². The maximum absolute atomic E-state index is 8.75. The minimum Gasteiger partial charge on any atom is -0.497 e. The van der Waals surface area contributed by atoms with Gasteiger partial charge in [-0.05, 0) is 31.2 Å². The predicted octanol–water partition coefficient (Wildman–Crippen LogP) is 2.03. The summed E-state index contributed by atoms with van der Waals surface area (Å²) in [5.41, 5.74) is 4.94. The van der Waals surface area contributed by atoms with Crippen molar-refractivity contribution in [3.05, 3.63) is 24.3 Å². The summed E-state index contributed by atoms with van der Waals surface area (Å²) in [5.74, 6) is 1.41. The summed E-state index contributed by atoms with van der Waals surface area (Å²) < 4.78 is 5.05. The Bertz CT molecular complexity index is 354. The molecule has 0 fully saturated rings. The lowest BCUT2D eigenvalue weighted by molar-refractivity contribution is 0.414. The molecule has 4 heteroatoms. The number of benzene rings is 1. The van der Waals surface area contributed by atoms with Crippen molar-refractivity contribution >= 4 is 11.8 Å². The summed E-state index contributed by atoms with van der Waals surface area (Å²) in [4.78, 5) is 1.09. The van der Waals surface area contributed by atoms with Crippen LogP contribution in [0.3, 0.4) is 0 Å². The number of nitriles is 1. The molecule has 1 rings (SSSR count). The van der Waals surface area contributed by atoms with E-state index in [1.165, 1.54) is 0 Å². The largest absolute Gasteiger partial charge is 0.497 e. The van der Waals surface area contributed by atoms with Crippen molar-refractivity contribution in [3.63, 3.8) is 0 Å². The lowest BCUT2D eigenvalue weighted by Gasteiger charge is -2.14. The standard InChI is InChI=1S/C11H14N2OS/c1-11(13,7-12)8-15-10-5-3-9(14-2)4-6-10/h3-6H,8,13H2,1-2H3. The average Bonchev–Trinajstić information content (AvgIpc) is 2.27. The minimum atomic E-state index is -0.773. The molecule has 0 aliphatic rings. The van der Waals surface area contributed by atoms with Gasteiger partial charge in [-0.25, -0.2) is 0 Å². The molecule has 1 unspecified atom stereocenters. The molecule has 0 aliphatic heterocycles. The SMILES string of the molecule is COc1ccc(SCC(C)(N)C#N)cc1. The van der Waals surface area contributed by atoms with Gasteiger partial charge in [-0.3, -0.25) is 0 Å². The third-order valence-corrected chi connectivity index (χ3v) is 3.20. The summed E-state index contributed by atoms with van der Waals surface area (Å²) in [6, 6.07) is 9.76. The zero-order valence-corrected chi connectivity index (χ0v) is 9.67. The van der Waals surface area contributed by atoms with E-state index in [1.807, 2.05) is 24.3 Å². The van der Waals surface area contributed by atoms with Crippen molar-refractivity contribution in [2.24, 2.45) is 5.73 Å². The molecule has 0 aromatic heterocycles. The molecular formula is C11H14N2OS. The van der Waals surface area contributed by atoms with Gasteiger partial charge in [-0.2, -0.15) is 5.26 Å². The van der Waals surface area contributed by atoms with E-state index in [1.54, 1.807) is 25.8 Å². The number of hydrogen-bond acceptors (Lipinski definition) is 4. The molecule has 0 heterocycles. The van der Waals surface area contributed by atoms with Crippen molar-refractivity contribution in [2.45, 2.75) is 17.4 Å². The molecule has 0 radical (unpaired) electrons. The fourth-order valence-corrected chi connectivity index (χ4v) is 1.80. The fourth-order valence-electron chi connectivity index (χ4n) is 0.937. The molecule has 0 aliphatic carbocycles. The van der Waals surface area contributed by atoms with Crippen LogP contribution in [0.1, 0.15) is 6.92 Å². The van der Waals surface area contributed by atoms with E-state index in [2.05, 4.69) is 6.07 Å². The summed E-state index contributed by atoms with van der Waals surface area (Å²) in [6.45, 7) is 1.73. The second kappa shape index (κ2) is 5.06. The topological polar surface area (TPSA) is 59.0 Å². The zero-order valence-electron chi connectivity index (χ0n) is 8.86. The Kier molecular flexibility index (Phi) is 4.01. The van der Waals surface area contributed by atoms with Crippen molar-refractivity contribution in [1.29, 1.82) is 5.26 Å². The fraction of sp³-hybridized carbons (Fsp3) is 0.364. The highest BCUT2D eigenvalue weighted by atomic mass is 32.2. The normalized spacial score (nSPS) is 14.0. The molecule has 0 saturated heterocycles. The summed E-state index contributed by atoms with van der Waals surface area (Å²) >= 11 is 1.57. The predicted molar refractivity (Wildman–Crippen MR) is 61.9 cm³/mol. The van der Waals surface area contributed by atoms with Gasteiger partial charge in [0.15, 0.2) is 0 Å². The zero-order chi connectivity index (χ0) is 11.3. The highest BCUT2D eigenvalue weighted by Crippen LogP contribution is 2.23. The summed E-state index contributed by atoms with van der Waals surface area (Å²) in [6.07, 6.45) is 0. The van der Waals surface area contributed by atoms with Gasteiger partial charge < -0.3 is 10.5 Å². The van der Waals surface area contributed by atoms with Crippen LogP contribution in [0.2, 0.25) is 0 Å². The third-order valence-electron chi connectivity index (χ3n) is 1.85. The Morgan fingerprint density at radius 2 is 2.07 bits per heavy atom. The molecule has 1 aromatic rings. The van der Waals surface area contributed by atoms with Crippen LogP contribution < -0.4 is 10.5 Å². The first-order valence-corrected chi connectivity index (χ1v) is 5.53. The first-order valence-electron chi connectivity index (χ1n) is 4.54. The Morgan fingerprint density at radius 3 is 2.53 bits per heavy atom. The highest BCUT2D eigenvalue weighted by Gasteiger charge is 2.17. The molecule has 1 aromatic carbocycles. The first-order chi connectivity index (χ1) is 7.07. The molecule has 3 nitrogen and oxygen atoms in total. The van der Waals surface area contributed by atoms with E-state index >= 15 is 0 Å². The number of nitrogens with zero attached hydrogens (tertiary/aromatic N) is 1. The second-order valence-corrected chi connectivity index (χ2v) is 4.54. The highest BCUT2D eigenvalue weighted by molar-refractivity contribution is 7.99. The van der Waals surface area contributed by atoms with E-state index in [0.29, 0.717) is 5.75 Å². The van der Waals surface area contributed by atoms with Crippen molar-refractivity contribution in [3.8, 4) is 11.8 Å². The van der Waals surface area contributed by atoms with Gasteiger partial charge >= 0.3 is 0 Å². The number of rotatable bonds is 4. The van der Waals surface area contributed by atoms with Gasteiger partial charge in [0, 0.05) is 10.6 Å². The Hall–Kier alpha value is -1.18. The molecule has 80 valence electrons. The van der Waals surface area contributed by atoms with Crippen molar-refractivity contribution in [2.75, 3.05) is 12.9 Å². The van der Waals surface area contributed by atoms with Crippen LogP contribution >= 0.6 is 11.8 Å². The molecule has 0 amide bonds. The summed E-state index contributed by atoms with van der Waals surface area (Å²) in [5, 5.41) is 8.75. The molecular weight excluding hydrogens is 208 g/mol. The molecule has 0 saturated carbocycles. The Morgan fingerprint density at radius 1 is 1.47 bits per heavy atom. The number of ether oxygens (including phenoxy) is 1. The van der Waals surface area contributed by atoms with Gasteiger partial charge in [-0.15, -0.1) is 11.8 Å². The van der Waals surface area contributed by atoms with Gasteiger partial charge in [0.05, 0.1) is 13.2 Å². The lowest BCUT2D eigenvalue weighted by Crippen LogP contribution is -2.36. The van der Waals surface area contributed by atoms with Crippen LogP contribution in [-0.2, 0) is 0 Å². The molecule has 2 N–H and O–H groups in total. The lowest BCUT2D eigenvalue weighted by atomic mass is 10.1. The molecule has 1 atom stereocenters. The monoisotopic (exact) mass is 222 g/mol. The number of thioether (sulfide) groups is 1. The Labute approximate surface area is 94.2 Å². The van der Waals surface area contributed by atoms with Crippen molar-refractivity contribution < 1.29 is 4.74 Å². The van der Waals surface area contributed by atoms with E-state index in [0.717, 1.165) is 10.6 Å². The van der Waals surface area contributed by atoms with Gasteiger partial charge in [-0.1, -0.05) is 0 Å². The van der Waals surface area contributed by atoms with Crippen LogP contribution in [0.5, 0.6) is 5.75 Å². The first kappa shape index (κ1) is 11.9. The third kappa shape index (κ3) is 3.82. The number of methoxy groups -OCH3 is 1. The van der Waals surface area contributed by atoms with E-state index < -0.39 is 5.54 Å². The molecule has 0 spiro atoms. The average molecular weight is 222 g/mol. The van der Waals surface area contributed by atoms with Gasteiger partial charge in [0.1, 0.15) is 11.3 Å². The van der Waals surface area contributed by atoms with Crippen molar-refractivity contribution in [1.82, 2.24) is 0 Å². The van der Waals surface area contributed by atoms with Gasteiger partial charge in [0.2, 0.25) is 0 Å². The quantitative estimate of drug-likeness (QED) is 0.792. The molecule has 15 heavy (non-hydrogen) atoms. The van der Waals surface area contributed by atoms with E-state index in [-0.39, 0.29) is 0 Å². The van der Waals surface area contributed by atoms with E-state index in [4.69, 9.17) is 15.7 Å². The summed E-state index contributed by atoms with van der Waals surface area (Å²) in [7, 11) is 1.63. The van der Waals surface area contributed by atoms with Crippen LogP contribution in [0, 0.1) is 11.3 Å². The minimum absolute atomic E-state index is 0.579. The van der Waals surface area contributed by atoms with Crippen LogP contribution in [0.4, 0.5) is 0 Å². The Balaban J connectivity index is 2.56. The van der Waals surface area contributed by atoms with Crippen LogP contribution in [0.15, 0.2) is 29.2 Å². The second-order valence-electron chi connectivity index (χ2n) is 3.49. The smallest absolute Gasteiger partial charge is 0.118 e. The number of hydrogen-bond donors (Lipinski definition) is 1. The maximum Gasteiger partial charge on any atom is 0.118 e. The maximum atomic E-state index is 8.75. The number of nitrogens with two attached hydrogens (primary N) is 1. The van der Waals surface area contributed by atoms with Gasteiger partial charge in [0.25, 0.3) is 0 Å². The van der Waals surface area contributed by atoms with Crippen LogP contribution in [0.25, 0.3) is 0 Å². The molecule has 0 bridgehead atoms. The van der Waals surface area contributed by atoms with E-state index in [9.17, 15) is 0 Å².